The number of thiophene rings is 1. The maximum atomic E-state index is 12.2. The van der Waals surface area contributed by atoms with Crippen molar-refractivity contribution in [2.75, 3.05) is 5.32 Å². The van der Waals surface area contributed by atoms with Crippen LogP contribution in [0.15, 0.2) is 58.8 Å². The molecule has 0 spiro atoms. The average Bonchev–Trinajstić information content (AvgIpc) is 3.43. The second kappa shape index (κ2) is 7.55. The molecular formula is C19H17N5O2S. The predicted octanol–water partition coefficient (Wildman–Crippen LogP) is 3.86. The highest BCUT2D eigenvalue weighted by Crippen LogP contribution is 2.25. The van der Waals surface area contributed by atoms with E-state index in [1.165, 1.54) is 16.9 Å². The first-order valence-electron chi connectivity index (χ1n) is 8.50. The molecule has 4 rings (SSSR count). The number of benzene rings is 1. The lowest BCUT2D eigenvalue weighted by Crippen LogP contribution is -2.17. The van der Waals surface area contributed by atoms with Crippen LogP contribution in [-0.2, 0) is 17.8 Å². The summed E-state index contributed by atoms with van der Waals surface area (Å²) in [5.41, 5.74) is 2.56. The first-order valence-corrected chi connectivity index (χ1v) is 9.38. The number of rotatable bonds is 6. The first-order chi connectivity index (χ1) is 13.2. The SMILES string of the molecule is CCc1ccc(NC(=O)Cn2cnc(-c3noc(-c4cccs4)n3)c2)cc1. The zero-order chi connectivity index (χ0) is 18.6. The molecule has 3 aromatic heterocycles. The van der Waals surface area contributed by atoms with E-state index in [1.54, 1.807) is 17.1 Å². The van der Waals surface area contributed by atoms with E-state index in [-0.39, 0.29) is 12.5 Å². The van der Waals surface area contributed by atoms with Gasteiger partial charge in [0.2, 0.25) is 11.7 Å². The molecule has 27 heavy (non-hydrogen) atoms. The van der Waals surface area contributed by atoms with Crippen molar-refractivity contribution in [3.05, 3.63) is 59.9 Å². The summed E-state index contributed by atoms with van der Waals surface area (Å²) in [6.07, 6.45) is 4.27. The summed E-state index contributed by atoms with van der Waals surface area (Å²) in [6.45, 7) is 2.25. The number of nitrogens with zero attached hydrogens (tertiary/aromatic N) is 4. The molecule has 0 atom stereocenters. The lowest BCUT2D eigenvalue weighted by molar-refractivity contribution is -0.116. The molecule has 0 saturated heterocycles. The minimum Gasteiger partial charge on any atom is -0.333 e. The van der Waals surface area contributed by atoms with Gasteiger partial charge in [-0.05, 0) is 35.6 Å². The smallest absolute Gasteiger partial charge is 0.268 e. The van der Waals surface area contributed by atoms with Gasteiger partial charge in [-0.25, -0.2) is 4.98 Å². The zero-order valence-electron chi connectivity index (χ0n) is 14.6. The summed E-state index contributed by atoms with van der Waals surface area (Å²) in [7, 11) is 0. The van der Waals surface area contributed by atoms with Crippen molar-refractivity contribution >= 4 is 22.9 Å². The van der Waals surface area contributed by atoms with Crippen molar-refractivity contribution in [3.63, 3.8) is 0 Å². The van der Waals surface area contributed by atoms with Gasteiger partial charge < -0.3 is 14.4 Å². The molecule has 136 valence electrons. The third-order valence-corrected chi connectivity index (χ3v) is 4.85. The molecule has 0 aliphatic heterocycles. The number of carbonyl (C=O) groups excluding carboxylic acids is 1. The Labute approximate surface area is 159 Å². The van der Waals surface area contributed by atoms with E-state index in [2.05, 4.69) is 27.4 Å². The Hall–Kier alpha value is -3.26. The largest absolute Gasteiger partial charge is 0.333 e. The summed E-state index contributed by atoms with van der Waals surface area (Å²) in [4.78, 5) is 21.8. The Balaban J connectivity index is 1.41. The summed E-state index contributed by atoms with van der Waals surface area (Å²) in [5, 5.41) is 8.79. The molecule has 0 aliphatic carbocycles. The monoisotopic (exact) mass is 379 g/mol. The van der Waals surface area contributed by atoms with Crippen LogP contribution in [0.5, 0.6) is 0 Å². The molecule has 0 bridgehead atoms. The van der Waals surface area contributed by atoms with E-state index in [0.717, 1.165) is 17.0 Å². The average molecular weight is 379 g/mol. The predicted molar refractivity (Wildman–Crippen MR) is 103 cm³/mol. The Morgan fingerprint density at radius 3 is 2.85 bits per heavy atom. The molecule has 4 aromatic rings. The van der Waals surface area contributed by atoms with Crippen LogP contribution in [0.1, 0.15) is 12.5 Å². The number of imidazole rings is 1. The number of amides is 1. The van der Waals surface area contributed by atoms with E-state index >= 15 is 0 Å². The van der Waals surface area contributed by atoms with Crippen LogP contribution in [0.2, 0.25) is 0 Å². The fourth-order valence-electron chi connectivity index (χ4n) is 2.58. The fraction of sp³-hybridized carbons (Fsp3) is 0.158. The van der Waals surface area contributed by atoms with Gasteiger partial charge in [0.25, 0.3) is 5.89 Å². The van der Waals surface area contributed by atoms with E-state index < -0.39 is 0 Å². The van der Waals surface area contributed by atoms with E-state index in [1.807, 2.05) is 41.8 Å². The normalized spacial score (nSPS) is 10.9. The van der Waals surface area contributed by atoms with E-state index in [4.69, 9.17) is 4.52 Å². The number of hydrogen-bond donors (Lipinski definition) is 1. The van der Waals surface area contributed by atoms with Crippen molar-refractivity contribution in [2.24, 2.45) is 0 Å². The Kier molecular flexibility index (Phi) is 4.80. The molecule has 1 aromatic carbocycles. The van der Waals surface area contributed by atoms with Crippen LogP contribution in [-0.4, -0.2) is 25.6 Å². The number of aryl methyl sites for hydroxylation is 1. The molecule has 0 aliphatic rings. The first kappa shape index (κ1) is 17.2. The molecule has 0 saturated carbocycles. The van der Waals surface area contributed by atoms with Gasteiger partial charge in [0.05, 0.1) is 11.2 Å². The minimum atomic E-state index is -0.129. The summed E-state index contributed by atoms with van der Waals surface area (Å²) >= 11 is 1.53. The number of anilines is 1. The maximum Gasteiger partial charge on any atom is 0.268 e. The minimum absolute atomic E-state index is 0.129. The highest BCUT2D eigenvalue weighted by atomic mass is 32.1. The molecule has 0 fully saturated rings. The standard InChI is InChI=1S/C19H17N5O2S/c1-2-13-5-7-14(8-6-13)21-17(25)11-24-10-15(20-12-24)18-22-19(26-23-18)16-4-3-9-27-16/h3-10,12H,2,11H2,1H3,(H,21,25). The fourth-order valence-corrected chi connectivity index (χ4v) is 3.22. The Morgan fingerprint density at radius 1 is 1.26 bits per heavy atom. The quantitative estimate of drug-likeness (QED) is 0.550. The van der Waals surface area contributed by atoms with Crippen LogP contribution < -0.4 is 5.32 Å². The number of carbonyl (C=O) groups is 1. The number of hydrogen-bond acceptors (Lipinski definition) is 6. The second-order valence-electron chi connectivity index (χ2n) is 5.93. The highest BCUT2D eigenvalue weighted by molar-refractivity contribution is 7.13. The van der Waals surface area contributed by atoms with Gasteiger partial charge in [-0.3, -0.25) is 4.79 Å². The van der Waals surface area contributed by atoms with Crippen molar-refractivity contribution < 1.29 is 9.32 Å². The van der Waals surface area contributed by atoms with Gasteiger partial charge in [-0.2, -0.15) is 4.98 Å². The van der Waals surface area contributed by atoms with Gasteiger partial charge in [-0.1, -0.05) is 30.3 Å². The van der Waals surface area contributed by atoms with E-state index in [9.17, 15) is 4.79 Å². The summed E-state index contributed by atoms with van der Waals surface area (Å²) < 4.78 is 6.96. The lowest BCUT2D eigenvalue weighted by atomic mass is 10.1. The topological polar surface area (TPSA) is 85.8 Å². The molecule has 0 unspecified atom stereocenters. The van der Waals surface area contributed by atoms with Crippen molar-refractivity contribution in [1.82, 2.24) is 19.7 Å². The van der Waals surface area contributed by atoms with E-state index in [0.29, 0.717) is 17.4 Å². The molecular weight excluding hydrogens is 362 g/mol. The highest BCUT2D eigenvalue weighted by Gasteiger charge is 2.14. The molecule has 7 nitrogen and oxygen atoms in total. The molecule has 3 heterocycles. The maximum absolute atomic E-state index is 12.2. The second-order valence-corrected chi connectivity index (χ2v) is 6.88. The van der Waals surface area contributed by atoms with Gasteiger partial charge in [-0.15, -0.1) is 11.3 Å². The molecule has 1 amide bonds. The summed E-state index contributed by atoms with van der Waals surface area (Å²) in [6, 6.07) is 11.7. The third-order valence-electron chi connectivity index (χ3n) is 3.99. The van der Waals surface area contributed by atoms with Gasteiger partial charge in [0.15, 0.2) is 0 Å². The Bertz CT molecular complexity index is 1030. The summed E-state index contributed by atoms with van der Waals surface area (Å²) in [5.74, 6) is 0.728. The van der Waals surface area contributed by atoms with Crippen LogP contribution in [0, 0.1) is 0 Å². The van der Waals surface area contributed by atoms with Gasteiger partial charge in [0, 0.05) is 11.9 Å². The molecule has 8 heteroatoms. The van der Waals surface area contributed by atoms with Crippen molar-refractivity contribution in [2.45, 2.75) is 19.9 Å². The van der Waals surface area contributed by atoms with Crippen LogP contribution >= 0.6 is 11.3 Å². The van der Waals surface area contributed by atoms with Crippen LogP contribution in [0.4, 0.5) is 5.69 Å². The Morgan fingerprint density at radius 2 is 2.11 bits per heavy atom. The van der Waals surface area contributed by atoms with Crippen molar-refractivity contribution in [1.29, 1.82) is 0 Å². The number of aromatic nitrogens is 4. The lowest BCUT2D eigenvalue weighted by Gasteiger charge is -2.06. The third kappa shape index (κ3) is 3.95. The van der Waals surface area contributed by atoms with Gasteiger partial charge in [0.1, 0.15) is 12.2 Å². The van der Waals surface area contributed by atoms with Crippen LogP contribution in [0.3, 0.4) is 0 Å². The number of nitrogens with one attached hydrogen (secondary N) is 1. The van der Waals surface area contributed by atoms with Crippen LogP contribution in [0.25, 0.3) is 22.3 Å². The zero-order valence-corrected chi connectivity index (χ0v) is 15.4. The van der Waals surface area contributed by atoms with Gasteiger partial charge >= 0.3 is 0 Å². The van der Waals surface area contributed by atoms with Crippen molar-refractivity contribution in [3.8, 4) is 22.3 Å². The molecule has 1 N–H and O–H groups in total. The molecule has 0 radical (unpaired) electrons.